The molecule has 0 saturated carbocycles. The standard InChI is InChI=1S/C16H24N2O3S/c1-3-5-10-22(20,21)17-15-7-6-13-8-9-18(16(19)4-2)12-14(13)11-15/h6-7,11,17H,3-5,8-10,12H2,1-2H3. The Bertz CT molecular complexity index is 641. The number of rotatable bonds is 6. The van der Waals surface area contributed by atoms with Crippen LogP contribution in [0.2, 0.25) is 0 Å². The highest BCUT2D eigenvalue weighted by atomic mass is 32.2. The number of fused-ring (bicyclic) bond motifs is 1. The van der Waals surface area contributed by atoms with Gasteiger partial charge >= 0.3 is 0 Å². The summed E-state index contributed by atoms with van der Waals surface area (Å²) < 4.78 is 26.6. The van der Waals surface area contributed by atoms with Gasteiger partial charge in [0.05, 0.1) is 5.75 Å². The lowest BCUT2D eigenvalue weighted by Crippen LogP contribution is -2.35. The van der Waals surface area contributed by atoms with Gasteiger partial charge in [-0.05, 0) is 36.1 Å². The third kappa shape index (κ3) is 4.22. The van der Waals surface area contributed by atoms with Gasteiger partial charge in [0.25, 0.3) is 0 Å². The van der Waals surface area contributed by atoms with Gasteiger partial charge in [-0.2, -0.15) is 0 Å². The molecule has 1 aliphatic heterocycles. The molecular weight excluding hydrogens is 300 g/mol. The summed E-state index contributed by atoms with van der Waals surface area (Å²) >= 11 is 0. The van der Waals surface area contributed by atoms with Gasteiger partial charge < -0.3 is 4.90 Å². The van der Waals surface area contributed by atoms with Crippen LogP contribution in [0.15, 0.2) is 18.2 Å². The molecule has 0 saturated heterocycles. The lowest BCUT2D eigenvalue weighted by atomic mass is 9.99. The Kier molecular flexibility index (Phi) is 5.45. The SMILES string of the molecule is CCCCS(=O)(=O)Nc1ccc2c(c1)CN(C(=O)CC)CC2. The molecule has 0 fully saturated rings. The Balaban J connectivity index is 2.12. The van der Waals surface area contributed by atoms with E-state index >= 15 is 0 Å². The van der Waals surface area contributed by atoms with E-state index in [1.807, 2.05) is 30.9 Å². The summed E-state index contributed by atoms with van der Waals surface area (Å²) in [6.45, 7) is 5.12. The number of anilines is 1. The molecule has 0 radical (unpaired) electrons. The Hall–Kier alpha value is -1.56. The monoisotopic (exact) mass is 324 g/mol. The number of carbonyl (C=O) groups excluding carboxylic acids is 1. The van der Waals surface area contributed by atoms with Crippen molar-refractivity contribution < 1.29 is 13.2 Å². The van der Waals surface area contributed by atoms with Crippen molar-refractivity contribution in [1.82, 2.24) is 4.90 Å². The average Bonchev–Trinajstić information content (AvgIpc) is 2.51. The van der Waals surface area contributed by atoms with Gasteiger partial charge in [0.15, 0.2) is 0 Å². The molecule has 0 unspecified atom stereocenters. The summed E-state index contributed by atoms with van der Waals surface area (Å²) in [6.07, 6.45) is 2.82. The van der Waals surface area contributed by atoms with E-state index in [4.69, 9.17) is 0 Å². The summed E-state index contributed by atoms with van der Waals surface area (Å²) in [4.78, 5) is 13.7. The Labute approximate surface area is 132 Å². The van der Waals surface area contributed by atoms with Crippen LogP contribution in [-0.4, -0.2) is 31.5 Å². The molecule has 1 N–H and O–H groups in total. The van der Waals surface area contributed by atoms with Crippen molar-refractivity contribution >= 4 is 21.6 Å². The minimum atomic E-state index is -3.29. The van der Waals surface area contributed by atoms with Crippen molar-refractivity contribution in [2.75, 3.05) is 17.0 Å². The zero-order valence-electron chi connectivity index (χ0n) is 13.3. The molecule has 1 aliphatic rings. The molecule has 1 aromatic rings. The molecule has 0 bridgehead atoms. The van der Waals surface area contributed by atoms with Gasteiger partial charge in [0.2, 0.25) is 15.9 Å². The second-order valence-corrected chi connectivity index (χ2v) is 7.52. The van der Waals surface area contributed by atoms with E-state index in [1.165, 1.54) is 5.56 Å². The Morgan fingerprint density at radius 2 is 2.05 bits per heavy atom. The van der Waals surface area contributed by atoms with E-state index in [2.05, 4.69) is 4.72 Å². The number of hydrogen-bond acceptors (Lipinski definition) is 3. The van der Waals surface area contributed by atoms with Crippen LogP contribution in [-0.2, 0) is 27.8 Å². The number of unbranched alkanes of at least 4 members (excludes halogenated alkanes) is 1. The number of carbonyl (C=O) groups is 1. The van der Waals surface area contributed by atoms with E-state index in [-0.39, 0.29) is 11.7 Å². The van der Waals surface area contributed by atoms with E-state index in [1.54, 1.807) is 6.07 Å². The van der Waals surface area contributed by atoms with E-state index in [9.17, 15) is 13.2 Å². The van der Waals surface area contributed by atoms with Gasteiger partial charge in [0.1, 0.15) is 0 Å². The molecule has 5 nitrogen and oxygen atoms in total. The molecule has 1 aromatic carbocycles. The highest BCUT2D eigenvalue weighted by Gasteiger charge is 2.20. The van der Waals surface area contributed by atoms with Gasteiger partial charge in [-0.25, -0.2) is 8.42 Å². The molecule has 0 aromatic heterocycles. The number of benzene rings is 1. The molecule has 0 spiro atoms. The number of nitrogens with zero attached hydrogens (tertiary/aromatic N) is 1. The highest BCUT2D eigenvalue weighted by Crippen LogP contribution is 2.23. The zero-order chi connectivity index (χ0) is 16.2. The molecule has 0 atom stereocenters. The zero-order valence-corrected chi connectivity index (χ0v) is 14.1. The largest absolute Gasteiger partial charge is 0.338 e. The molecule has 2 rings (SSSR count). The fourth-order valence-corrected chi connectivity index (χ4v) is 3.88. The fourth-order valence-electron chi connectivity index (χ4n) is 2.62. The molecule has 122 valence electrons. The molecular formula is C16H24N2O3S. The lowest BCUT2D eigenvalue weighted by Gasteiger charge is -2.29. The van der Waals surface area contributed by atoms with Gasteiger partial charge in [0, 0.05) is 25.2 Å². The van der Waals surface area contributed by atoms with Crippen molar-refractivity contribution in [1.29, 1.82) is 0 Å². The van der Waals surface area contributed by atoms with Crippen LogP contribution in [0.25, 0.3) is 0 Å². The van der Waals surface area contributed by atoms with Gasteiger partial charge in [-0.1, -0.05) is 26.3 Å². The lowest BCUT2D eigenvalue weighted by molar-refractivity contribution is -0.131. The minimum absolute atomic E-state index is 0.138. The van der Waals surface area contributed by atoms with Crippen LogP contribution < -0.4 is 4.72 Å². The van der Waals surface area contributed by atoms with Crippen LogP contribution in [0.4, 0.5) is 5.69 Å². The number of amides is 1. The van der Waals surface area contributed by atoms with Crippen molar-refractivity contribution in [3.8, 4) is 0 Å². The highest BCUT2D eigenvalue weighted by molar-refractivity contribution is 7.92. The van der Waals surface area contributed by atoms with Crippen molar-refractivity contribution in [3.05, 3.63) is 29.3 Å². The maximum Gasteiger partial charge on any atom is 0.232 e. The van der Waals surface area contributed by atoms with Crippen LogP contribution in [0.3, 0.4) is 0 Å². The summed E-state index contributed by atoms with van der Waals surface area (Å²) in [5.41, 5.74) is 2.81. The van der Waals surface area contributed by atoms with E-state index in [0.717, 1.165) is 24.9 Å². The Morgan fingerprint density at radius 3 is 2.73 bits per heavy atom. The molecule has 22 heavy (non-hydrogen) atoms. The third-order valence-corrected chi connectivity index (χ3v) is 5.29. The molecule has 1 amide bonds. The van der Waals surface area contributed by atoms with E-state index in [0.29, 0.717) is 25.1 Å². The Morgan fingerprint density at radius 1 is 1.27 bits per heavy atom. The predicted octanol–water partition coefficient (Wildman–Crippen LogP) is 2.52. The van der Waals surface area contributed by atoms with Crippen LogP contribution >= 0.6 is 0 Å². The smallest absolute Gasteiger partial charge is 0.232 e. The quantitative estimate of drug-likeness (QED) is 0.874. The van der Waals surface area contributed by atoms with Crippen LogP contribution in [0.1, 0.15) is 44.2 Å². The number of sulfonamides is 1. The van der Waals surface area contributed by atoms with Crippen molar-refractivity contribution in [2.45, 2.75) is 46.1 Å². The third-order valence-electron chi connectivity index (χ3n) is 3.91. The summed E-state index contributed by atoms with van der Waals surface area (Å²) in [5.74, 6) is 0.278. The minimum Gasteiger partial charge on any atom is -0.338 e. The maximum atomic E-state index is 12.0. The number of nitrogens with one attached hydrogen (secondary N) is 1. The van der Waals surface area contributed by atoms with Crippen LogP contribution in [0.5, 0.6) is 0 Å². The van der Waals surface area contributed by atoms with Crippen molar-refractivity contribution in [2.24, 2.45) is 0 Å². The first-order valence-electron chi connectivity index (χ1n) is 7.85. The second kappa shape index (κ2) is 7.13. The molecule has 1 heterocycles. The summed E-state index contributed by atoms with van der Waals surface area (Å²) in [5, 5.41) is 0. The first-order valence-corrected chi connectivity index (χ1v) is 9.50. The first kappa shape index (κ1) is 16.8. The summed E-state index contributed by atoms with van der Waals surface area (Å²) in [7, 11) is -3.29. The van der Waals surface area contributed by atoms with E-state index < -0.39 is 10.0 Å². The predicted molar refractivity (Wildman–Crippen MR) is 88.2 cm³/mol. The number of hydrogen-bond donors (Lipinski definition) is 1. The van der Waals surface area contributed by atoms with Gasteiger partial charge in [-0.15, -0.1) is 0 Å². The van der Waals surface area contributed by atoms with Gasteiger partial charge in [-0.3, -0.25) is 9.52 Å². The topological polar surface area (TPSA) is 66.5 Å². The summed E-state index contributed by atoms with van der Waals surface area (Å²) in [6, 6.07) is 5.62. The fraction of sp³-hybridized carbons (Fsp3) is 0.562. The molecule has 0 aliphatic carbocycles. The maximum absolute atomic E-state index is 12.0. The average molecular weight is 324 g/mol. The van der Waals surface area contributed by atoms with Crippen molar-refractivity contribution in [3.63, 3.8) is 0 Å². The second-order valence-electron chi connectivity index (χ2n) is 5.68. The molecule has 6 heteroatoms. The first-order chi connectivity index (χ1) is 10.4. The van der Waals surface area contributed by atoms with Crippen LogP contribution in [0, 0.1) is 0 Å². The normalized spacial score (nSPS) is 14.5.